The molecule has 1 heterocycles. The lowest BCUT2D eigenvalue weighted by atomic mass is 9.98. The molecule has 0 aromatic carbocycles. The fourth-order valence-electron chi connectivity index (χ4n) is 1.56. The molecule has 1 saturated heterocycles. The van der Waals surface area contributed by atoms with Gasteiger partial charge in [-0.25, -0.2) is 0 Å². The van der Waals surface area contributed by atoms with E-state index in [0.29, 0.717) is 13.0 Å². The summed E-state index contributed by atoms with van der Waals surface area (Å²) in [4.78, 5) is 1.78. The molecule has 0 aromatic heterocycles. The van der Waals surface area contributed by atoms with Crippen LogP contribution in [0, 0.1) is 0 Å². The fourth-order valence-corrected chi connectivity index (χ4v) is 1.56. The van der Waals surface area contributed by atoms with E-state index in [-0.39, 0.29) is 5.96 Å². The van der Waals surface area contributed by atoms with E-state index in [1.54, 1.807) is 4.90 Å². The van der Waals surface area contributed by atoms with Gasteiger partial charge in [0.15, 0.2) is 0 Å². The van der Waals surface area contributed by atoms with E-state index < -0.39 is 5.60 Å². The second-order valence-electron chi connectivity index (χ2n) is 3.80. The van der Waals surface area contributed by atoms with Crippen molar-refractivity contribution in [2.75, 3.05) is 13.1 Å². The van der Waals surface area contributed by atoms with Crippen LogP contribution in [0.25, 0.3) is 0 Å². The zero-order chi connectivity index (χ0) is 9.90. The molecule has 1 rings (SSSR count). The van der Waals surface area contributed by atoms with Crippen LogP contribution in [0.4, 0.5) is 0 Å². The predicted octanol–water partition coefficient (Wildman–Crippen LogP) is -0.0728. The van der Waals surface area contributed by atoms with E-state index in [1.165, 1.54) is 0 Å². The quantitative estimate of drug-likeness (QED) is 0.214. The molecule has 0 aliphatic carbocycles. The van der Waals surface area contributed by atoms with Crippen molar-refractivity contribution in [1.82, 2.24) is 4.90 Å². The van der Waals surface area contributed by atoms with Crippen molar-refractivity contribution < 1.29 is 10.3 Å². The normalized spacial score (nSPS) is 31.5. The molecule has 5 nitrogen and oxygen atoms in total. The van der Waals surface area contributed by atoms with Gasteiger partial charge in [-0.05, 0) is 26.2 Å². The highest BCUT2D eigenvalue weighted by Crippen LogP contribution is 2.20. The van der Waals surface area contributed by atoms with Crippen molar-refractivity contribution in [1.29, 1.82) is 0 Å². The minimum Gasteiger partial charge on any atom is -0.408 e. The van der Waals surface area contributed by atoms with Crippen LogP contribution in [-0.2, 0) is 0 Å². The number of guanidine groups is 1. The third kappa shape index (κ3) is 2.77. The molecule has 5 heteroatoms. The van der Waals surface area contributed by atoms with Gasteiger partial charge in [0, 0.05) is 13.1 Å². The highest BCUT2D eigenvalue weighted by molar-refractivity contribution is 5.77. The molecule has 0 aromatic rings. The number of aliphatic hydroxyl groups is 1. The number of nitrogens with zero attached hydrogens (tertiary/aromatic N) is 2. The first-order valence-corrected chi connectivity index (χ1v) is 4.50. The molecule has 0 saturated carbocycles. The molecule has 1 aliphatic rings. The molecule has 0 amide bonds. The Morgan fingerprint density at radius 1 is 1.46 bits per heavy atom. The first-order chi connectivity index (χ1) is 6.05. The Morgan fingerprint density at radius 2 is 2.15 bits per heavy atom. The van der Waals surface area contributed by atoms with Crippen molar-refractivity contribution in [2.45, 2.75) is 31.8 Å². The molecule has 1 unspecified atom stereocenters. The molecule has 0 bridgehead atoms. The smallest absolute Gasteiger partial charge is 0.233 e. The van der Waals surface area contributed by atoms with Gasteiger partial charge >= 0.3 is 0 Å². The van der Waals surface area contributed by atoms with Gasteiger partial charge in [0.1, 0.15) is 0 Å². The van der Waals surface area contributed by atoms with Gasteiger partial charge in [0.2, 0.25) is 5.96 Å². The van der Waals surface area contributed by atoms with Gasteiger partial charge < -0.3 is 20.9 Å². The average molecular weight is 187 g/mol. The maximum Gasteiger partial charge on any atom is 0.233 e. The fraction of sp³-hybridized carbons (Fsp3) is 0.875. The highest BCUT2D eigenvalue weighted by atomic mass is 16.4. The Bertz CT molecular complexity index is 204. The van der Waals surface area contributed by atoms with Gasteiger partial charge in [-0.3, -0.25) is 0 Å². The summed E-state index contributed by atoms with van der Waals surface area (Å²) in [7, 11) is 0. The van der Waals surface area contributed by atoms with E-state index in [2.05, 4.69) is 5.16 Å². The Morgan fingerprint density at radius 3 is 2.77 bits per heavy atom. The summed E-state index contributed by atoms with van der Waals surface area (Å²) in [5, 5.41) is 21.2. The number of hydrogen-bond acceptors (Lipinski definition) is 3. The van der Waals surface area contributed by atoms with Gasteiger partial charge in [0.25, 0.3) is 0 Å². The van der Waals surface area contributed by atoms with Crippen LogP contribution in [0.5, 0.6) is 0 Å². The molecule has 76 valence electrons. The first-order valence-electron chi connectivity index (χ1n) is 4.50. The van der Waals surface area contributed by atoms with Gasteiger partial charge in [0.05, 0.1) is 5.60 Å². The van der Waals surface area contributed by atoms with Gasteiger partial charge in [-0.15, -0.1) is 0 Å². The lowest BCUT2D eigenvalue weighted by molar-refractivity contribution is 0.0461. The predicted molar refractivity (Wildman–Crippen MR) is 49.5 cm³/mol. The molecule has 0 radical (unpaired) electrons. The van der Waals surface area contributed by atoms with E-state index in [1.807, 2.05) is 6.92 Å². The maximum absolute atomic E-state index is 9.76. The lowest BCUT2D eigenvalue weighted by Crippen LogP contribution is -2.38. The molecule has 4 N–H and O–H groups in total. The monoisotopic (exact) mass is 187 g/mol. The van der Waals surface area contributed by atoms with Crippen LogP contribution >= 0.6 is 0 Å². The Balaban J connectivity index is 2.55. The number of likely N-dealkylation sites (tertiary alicyclic amines) is 1. The third-order valence-corrected chi connectivity index (χ3v) is 2.49. The molecular formula is C8H17N3O2. The summed E-state index contributed by atoms with van der Waals surface area (Å²) in [6.07, 6.45) is 2.29. The van der Waals surface area contributed by atoms with Crippen molar-refractivity contribution >= 4 is 5.96 Å². The number of nitrogens with two attached hydrogens (primary N) is 1. The molecular weight excluding hydrogens is 170 g/mol. The van der Waals surface area contributed by atoms with Crippen molar-refractivity contribution in [3.8, 4) is 0 Å². The summed E-state index contributed by atoms with van der Waals surface area (Å²) < 4.78 is 0. The Labute approximate surface area is 77.8 Å². The van der Waals surface area contributed by atoms with Crippen LogP contribution in [-0.4, -0.2) is 39.9 Å². The summed E-state index contributed by atoms with van der Waals surface area (Å²) in [5.41, 5.74) is 4.84. The lowest BCUT2D eigenvalue weighted by Gasteiger charge is -2.22. The van der Waals surface area contributed by atoms with Gasteiger partial charge in [-0.1, -0.05) is 5.16 Å². The zero-order valence-corrected chi connectivity index (χ0v) is 7.90. The first kappa shape index (κ1) is 10.1. The third-order valence-electron chi connectivity index (χ3n) is 2.49. The van der Waals surface area contributed by atoms with Crippen LogP contribution in [0.3, 0.4) is 0 Å². The highest BCUT2D eigenvalue weighted by Gasteiger charge is 2.25. The van der Waals surface area contributed by atoms with Gasteiger partial charge in [-0.2, -0.15) is 0 Å². The van der Waals surface area contributed by atoms with Crippen LogP contribution in [0.1, 0.15) is 26.2 Å². The second kappa shape index (κ2) is 3.83. The van der Waals surface area contributed by atoms with Crippen molar-refractivity contribution in [3.63, 3.8) is 0 Å². The topological polar surface area (TPSA) is 82.1 Å². The van der Waals surface area contributed by atoms with E-state index in [0.717, 1.165) is 19.4 Å². The molecule has 1 aliphatic heterocycles. The number of oxime groups is 1. The molecule has 13 heavy (non-hydrogen) atoms. The van der Waals surface area contributed by atoms with Crippen molar-refractivity contribution in [2.24, 2.45) is 10.9 Å². The average Bonchev–Trinajstić information content (AvgIpc) is 2.25. The molecule has 1 fully saturated rings. The Hall–Kier alpha value is -0.970. The van der Waals surface area contributed by atoms with E-state index in [4.69, 9.17) is 10.9 Å². The van der Waals surface area contributed by atoms with Crippen LogP contribution in [0.15, 0.2) is 5.16 Å². The molecule has 0 spiro atoms. The second-order valence-corrected chi connectivity index (χ2v) is 3.80. The standard InChI is InChI=1S/C8H17N3O2/c1-8(12)3-2-5-11(6-4-8)7(9)10-13/h12-13H,2-6H2,1H3,(H2,9,10). The van der Waals surface area contributed by atoms with Crippen LogP contribution < -0.4 is 5.73 Å². The zero-order valence-electron chi connectivity index (χ0n) is 7.90. The minimum absolute atomic E-state index is 0.137. The number of rotatable bonds is 0. The maximum atomic E-state index is 9.76. The minimum atomic E-state index is -0.607. The molecule has 1 atom stereocenters. The summed E-state index contributed by atoms with van der Waals surface area (Å²) in [6.45, 7) is 3.21. The largest absolute Gasteiger partial charge is 0.408 e. The number of hydrogen-bond donors (Lipinski definition) is 3. The van der Waals surface area contributed by atoms with Crippen molar-refractivity contribution in [3.05, 3.63) is 0 Å². The SMILES string of the molecule is CC1(O)CCCN(C(N)=NO)CC1. The summed E-state index contributed by atoms with van der Waals surface area (Å²) >= 11 is 0. The van der Waals surface area contributed by atoms with E-state index in [9.17, 15) is 5.11 Å². The summed E-state index contributed by atoms with van der Waals surface area (Å²) in [5.74, 6) is 0.137. The summed E-state index contributed by atoms with van der Waals surface area (Å²) in [6, 6.07) is 0. The van der Waals surface area contributed by atoms with E-state index >= 15 is 0 Å². The Kier molecular flexibility index (Phi) is 2.98. The van der Waals surface area contributed by atoms with Crippen LogP contribution in [0.2, 0.25) is 0 Å².